The number of hydrogen-bond donors (Lipinski definition) is 2. The number of imide groups is 1. The molecule has 1 atom stereocenters. The van der Waals surface area contributed by atoms with Crippen LogP contribution < -0.4 is 5.32 Å². The Morgan fingerprint density at radius 1 is 1.21 bits per heavy atom. The highest BCUT2D eigenvalue weighted by atomic mass is 16.6. The quantitative estimate of drug-likeness (QED) is 0.676. The lowest BCUT2D eigenvalue weighted by Gasteiger charge is -2.22. The van der Waals surface area contributed by atoms with Gasteiger partial charge in [-0.15, -0.1) is 0 Å². The first kappa shape index (κ1) is 17.5. The molecule has 1 unspecified atom stereocenters. The summed E-state index contributed by atoms with van der Waals surface area (Å²) >= 11 is 0. The highest BCUT2D eigenvalue weighted by Crippen LogP contribution is 2.20. The third-order valence-corrected chi connectivity index (χ3v) is 4.31. The van der Waals surface area contributed by atoms with E-state index in [4.69, 9.17) is 9.15 Å². The lowest BCUT2D eigenvalue weighted by molar-refractivity contribution is -0.126. The number of nitrogens with one attached hydrogen (secondary N) is 2. The first-order chi connectivity index (χ1) is 13.6. The Balaban J connectivity index is 1.54. The maximum atomic E-state index is 12.7. The van der Waals surface area contributed by atoms with Gasteiger partial charge in [-0.05, 0) is 17.7 Å². The van der Waals surface area contributed by atoms with Crippen LogP contribution in [0.5, 0.6) is 0 Å². The summed E-state index contributed by atoms with van der Waals surface area (Å²) in [6.07, 6.45) is 0.799. The third kappa shape index (κ3) is 3.50. The summed E-state index contributed by atoms with van der Waals surface area (Å²) < 4.78 is 10.0. The molecule has 3 heterocycles. The molecule has 1 saturated heterocycles. The zero-order valence-electron chi connectivity index (χ0n) is 14.6. The van der Waals surface area contributed by atoms with E-state index in [1.807, 2.05) is 18.2 Å². The van der Waals surface area contributed by atoms with Gasteiger partial charge in [0.05, 0.1) is 18.8 Å². The number of carbonyl (C=O) groups is 3. The molecule has 3 amide bonds. The molecule has 3 aromatic rings. The van der Waals surface area contributed by atoms with Crippen molar-refractivity contribution < 1.29 is 23.5 Å². The van der Waals surface area contributed by atoms with E-state index in [-0.39, 0.29) is 18.8 Å². The molecule has 2 N–H and O–H groups in total. The summed E-state index contributed by atoms with van der Waals surface area (Å²) in [6, 6.07) is 13.5. The van der Waals surface area contributed by atoms with E-state index in [0.717, 1.165) is 10.5 Å². The van der Waals surface area contributed by atoms with Crippen LogP contribution in [0.3, 0.4) is 0 Å². The number of rotatable bonds is 6. The summed E-state index contributed by atoms with van der Waals surface area (Å²) in [7, 11) is 0. The van der Waals surface area contributed by atoms with E-state index in [0.29, 0.717) is 11.5 Å². The number of ether oxygens (including phenoxy) is 1. The van der Waals surface area contributed by atoms with Gasteiger partial charge in [-0.2, -0.15) is 5.10 Å². The van der Waals surface area contributed by atoms with E-state index in [2.05, 4.69) is 15.5 Å². The number of cyclic esters (lactones) is 1. The Morgan fingerprint density at radius 3 is 2.71 bits per heavy atom. The molecular formula is C19H16N4O5. The molecule has 1 aliphatic rings. The van der Waals surface area contributed by atoms with Gasteiger partial charge in [-0.3, -0.25) is 14.7 Å². The zero-order valence-corrected chi connectivity index (χ0v) is 14.6. The molecule has 1 aliphatic heterocycles. The van der Waals surface area contributed by atoms with Crippen LogP contribution >= 0.6 is 0 Å². The van der Waals surface area contributed by atoms with Crippen molar-refractivity contribution in [1.29, 1.82) is 0 Å². The Hall–Kier alpha value is -3.88. The second-order valence-electron chi connectivity index (χ2n) is 6.14. The van der Waals surface area contributed by atoms with Crippen molar-refractivity contribution in [3.63, 3.8) is 0 Å². The van der Waals surface area contributed by atoms with Gasteiger partial charge in [-0.25, -0.2) is 9.69 Å². The number of furan rings is 1. The van der Waals surface area contributed by atoms with Crippen molar-refractivity contribution in [2.75, 3.05) is 13.2 Å². The smallest absolute Gasteiger partial charge is 0.417 e. The van der Waals surface area contributed by atoms with E-state index < -0.39 is 23.9 Å². The molecule has 142 valence electrons. The predicted molar refractivity (Wildman–Crippen MR) is 96.0 cm³/mol. The molecule has 28 heavy (non-hydrogen) atoms. The van der Waals surface area contributed by atoms with Gasteiger partial charge in [-0.1, -0.05) is 30.3 Å². The van der Waals surface area contributed by atoms with Gasteiger partial charge < -0.3 is 14.5 Å². The van der Waals surface area contributed by atoms with Crippen LogP contribution in [-0.2, 0) is 9.53 Å². The Morgan fingerprint density at radius 2 is 2.04 bits per heavy atom. The molecule has 1 aromatic carbocycles. The first-order valence-corrected chi connectivity index (χ1v) is 8.54. The van der Waals surface area contributed by atoms with Crippen LogP contribution in [0.25, 0.3) is 11.5 Å². The van der Waals surface area contributed by atoms with E-state index in [9.17, 15) is 14.4 Å². The maximum Gasteiger partial charge on any atom is 0.417 e. The van der Waals surface area contributed by atoms with E-state index >= 15 is 0 Å². The van der Waals surface area contributed by atoms with Gasteiger partial charge in [0.1, 0.15) is 5.69 Å². The normalized spacial score (nSPS) is 14.8. The Kier molecular flexibility index (Phi) is 4.63. The van der Waals surface area contributed by atoms with Crippen molar-refractivity contribution in [3.8, 4) is 11.5 Å². The number of amides is 3. The van der Waals surface area contributed by atoms with Crippen LogP contribution in [-0.4, -0.2) is 46.2 Å². The highest BCUT2D eigenvalue weighted by molar-refractivity contribution is 5.98. The average Bonchev–Trinajstić information content (AvgIpc) is 3.45. The minimum atomic E-state index is -0.722. The summed E-state index contributed by atoms with van der Waals surface area (Å²) in [4.78, 5) is 37.4. The molecule has 0 spiro atoms. The molecule has 2 aromatic heterocycles. The Bertz CT molecular complexity index is 981. The molecule has 0 bridgehead atoms. The van der Waals surface area contributed by atoms with Crippen LogP contribution in [0.1, 0.15) is 22.1 Å². The number of hydrogen-bond acceptors (Lipinski definition) is 6. The van der Waals surface area contributed by atoms with Crippen molar-refractivity contribution in [2.45, 2.75) is 6.04 Å². The molecule has 1 fully saturated rings. The molecule has 4 rings (SSSR count). The first-order valence-electron chi connectivity index (χ1n) is 8.54. The zero-order chi connectivity index (χ0) is 19.5. The van der Waals surface area contributed by atoms with Crippen molar-refractivity contribution >= 4 is 17.9 Å². The van der Waals surface area contributed by atoms with Gasteiger partial charge in [0.25, 0.3) is 11.8 Å². The van der Waals surface area contributed by atoms with Crippen LogP contribution in [0, 0.1) is 0 Å². The van der Waals surface area contributed by atoms with Gasteiger partial charge in [0.15, 0.2) is 18.1 Å². The summed E-state index contributed by atoms with van der Waals surface area (Å²) in [5.74, 6) is -0.348. The monoisotopic (exact) mass is 380 g/mol. The fourth-order valence-electron chi connectivity index (χ4n) is 2.89. The maximum absolute atomic E-state index is 12.7. The number of aromatic nitrogens is 2. The third-order valence-electron chi connectivity index (χ3n) is 4.31. The van der Waals surface area contributed by atoms with E-state index in [1.165, 1.54) is 6.26 Å². The molecule has 0 radical (unpaired) electrons. The molecule has 9 heteroatoms. The standard InChI is InChI=1S/C19H16N4O5/c24-17-11-28-19(26)23(17)10-15(12-5-2-1-3-6-12)20-18(25)14-9-13(21-22-14)16-7-4-8-27-16/h1-9,15H,10-11H2,(H,20,25)(H,21,22). The minimum Gasteiger partial charge on any atom is -0.463 e. The highest BCUT2D eigenvalue weighted by Gasteiger charge is 2.34. The van der Waals surface area contributed by atoms with Crippen LogP contribution in [0.15, 0.2) is 59.2 Å². The number of nitrogens with zero attached hydrogens (tertiary/aromatic N) is 2. The lowest BCUT2D eigenvalue weighted by atomic mass is 10.1. The minimum absolute atomic E-state index is 0.0388. The predicted octanol–water partition coefficient (Wildman–Crippen LogP) is 2.12. The number of aromatic amines is 1. The molecule has 0 aliphatic carbocycles. The summed E-state index contributed by atoms with van der Waals surface area (Å²) in [5, 5.41) is 9.58. The largest absolute Gasteiger partial charge is 0.463 e. The van der Waals surface area contributed by atoms with Gasteiger partial charge in [0, 0.05) is 6.07 Å². The summed E-state index contributed by atoms with van der Waals surface area (Å²) in [6.45, 7) is -0.330. The van der Waals surface area contributed by atoms with Crippen molar-refractivity contribution in [3.05, 3.63) is 66.1 Å². The fraction of sp³-hybridized carbons (Fsp3) is 0.158. The van der Waals surface area contributed by atoms with Crippen molar-refractivity contribution in [2.24, 2.45) is 0 Å². The molecule has 9 nitrogen and oxygen atoms in total. The molecular weight excluding hydrogens is 364 g/mol. The van der Waals surface area contributed by atoms with Crippen molar-refractivity contribution in [1.82, 2.24) is 20.4 Å². The lowest BCUT2D eigenvalue weighted by Crippen LogP contribution is -2.40. The number of benzene rings is 1. The second-order valence-corrected chi connectivity index (χ2v) is 6.14. The van der Waals surface area contributed by atoms with Crippen LogP contribution in [0.2, 0.25) is 0 Å². The van der Waals surface area contributed by atoms with Gasteiger partial charge in [0.2, 0.25) is 0 Å². The average molecular weight is 380 g/mol. The van der Waals surface area contributed by atoms with Crippen LogP contribution in [0.4, 0.5) is 4.79 Å². The SMILES string of the molecule is O=C(NC(CN1C(=O)COC1=O)c1ccccc1)c1cc(-c2ccco2)[nH]n1. The Labute approximate surface area is 159 Å². The second kappa shape index (κ2) is 7.39. The molecule has 0 saturated carbocycles. The topological polar surface area (TPSA) is 118 Å². The van der Waals surface area contributed by atoms with E-state index in [1.54, 1.807) is 30.3 Å². The fourth-order valence-corrected chi connectivity index (χ4v) is 2.89. The number of H-pyrrole nitrogens is 1. The van der Waals surface area contributed by atoms with Gasteiger partial charge >= 0.3 is 6.09 Å². The summed E-state index contributed by atoms with van der Waals surface area (Å²) in [5.41, 5.74) is 1.46. The number of carbonyl (C=O) groups excluding carboxylic acids is 3.